The van der Waals surface area contributed by atoms with Crippen molar-refractivity contribution in [3.63, 3.8) is 0 Å². The number of hydrogen-bond acceptors (Lipinski definition) is 2. The van der Waals surface area contributed by atoms with Crippen molar-refractivity contribution in [1.82, 2.24) is 0 Å². The second-order valence-corrected chi connectivity index (χ2v) is 6.33. The number of rotatable bonds is 1. The molecule has 0 fully saturated rings. The van der Waals surface area contributed by atoms with E-state index in [-0.39, 0.29) is 6.10 Å². The van der Waals surface area contributed by atoms with Gasteiger partial charge in [0.05, 0.1) is 6.10 Å². The van der Waals surface area contributed by atoms with E-state index in [1.807, 2.05) is 42.5 Å². The zero-order valence-corrected chi connectivity index (χ0v) is 13.2. The third-order valence-corrected chi connectivity index (χ3v) is 4.51. The summed E-state index contributed by atoms with van der Waals surface area (Å²) < 4.78 is 7.99. The molecule has 0 radical (unpaired) electrons. The predicted octanol–water partition coefficient (Wildman–Crippen LogP) is 4.77. The third-order valence-electron chi connectivity index (χ3n) is 3.29. The second-order valence-electron chi connectivity index (χ2n) is 4.56. The highest BCUT2D eigenvalue weighted by atomic mass is 79.9. The molecule has 0 spiro atoms. The van der Waals surface area contributed by atoms with Gasteiger partial charge < -0.3 is 9.84 Å². The Hall–Kier alpha value is -0.840. The Kier molecular flexibility index (Phi) is 3.65. The van der Waals surface area contributed by atoms with Crippen LogP contribution < -0.4 is 4.74 Å². The van der Waals surface area contributed by atoms with Gasteiger partial charge in [0, 0.05) is 26.5 Å². The fourth-order valence-corrected chi connectivity index (χ4v) is 3.22. The predicted molar refractivity (Wildman–Crippen MR) is 81.2 cm³/mol. The Labute approximate surface area is 128 Å². The minimum Gasteiger partial charge on any atom is -0.485 e. The van der Waals surface area contributed by atoms with Crippen LogP contribution in [0.3, 0.4) is 0 Å². The summed E-state index contributed by atoms with van der Waals surface area (Å²) in [5.74, 6) is 0.744. The van der Waals surface area contributed by atoms with Crippen molar-refractivity contribution < 1.29 is 9.84 Å². The lowest BCUT2D eigenvalue weighted by atomic mass is 9.95. The zero-order chi connectivity index (χ0) is 13.4. The molecule has 1 unspecified atom stereocenters. The number of aliphatic hydroxyl groups excluding tert-OH is 1. The largest absolute Gasteiger partial charge is 0.485 e. The summed E-state index contributed by atoms with van der Waals surface area (Å²) in [7, 11) is 0. The Morgan fingerprint density at radius 1 is 1.05 bits per heavy atom. The maximum Gasteiger partial charge on any atom is 0.128 e. The summed E-state index contributed by atoms with van der Waals surface area (Å²) in [5.41, 5.74) is 1.92. The van der Waals surface area contributed by atoms with E-state index in [9.17, 15) is 5.11 Å². The van der Waals surface area contributed by atoms with Crippen LogP contribution in [0.5, 0.6) is 5.75 Å². The molecule has 1 aliphatic rings. The van der Waals surface area contributed by atoms with Crippen LogP contribution in [0.15, 0.2) is 51.4 Å². The van der Waals surface area contributed by atoms with Crippen molar-refractivity contribution in [3.05, 3.63) is 62.5 Å². The summed E-state index contributed by atoms with van der Waals surface area (Å²) >= 11 is 6.97. The molecule has 1 heterocycles. The van der Waals surface area contributed by atoms with Crippen LogP contribution in [0, 0.1) is 0 Å². The van der Waals surface area contributed by atoms with Crippen molar-refractivity contribution in [1.29, 1.82) is 0 Å². The number of aliphatic hydroxyl groups is 1. The van der Waals surface area contributed by atoms with Crippen LogP contribution in [0.25, 0.3) is 0 Å². The molecule has 3 rings (SSSR count). The Morgan fingerprint density at radius 3 is 2.63 bits per heavy atom. The van der Waals surface area contributed by atoms with Crippen LogP contribution in [0.2, 0.25) is 0 Å². The molecular weight excluding hydrogens is 372 g/mol. The molecule has 2 aromatic carbocycles. The molecule has 0 aromatic heterocycles. The van der Waals surface area contributed by atoms with Gasteiger partial charge in [0.1, 0.15) is 11.9 Å². The number of benzene rings is 2. The van der Waals surface area contributed by atoms with Gasteiger partial charge in [0.25, 0.3) is 0 Å². The topological polar surface area (TPSA) is 29.5 Å². The summed E-state index contributed by atoms with van der Waals surface area (Å²) in [6.45, 7) is 0. The van der Waals surface area contributed by atoms with Crippen molar-refractivity contribution in [2.45, 2.75) is 18.6 Å². The van der Waals surface area contributed by atoms with E-state index in [1.54, 1.807) is 0 Å². The standard InChI is InChI=1S/C15H12Br2O2/c16-9-5-6-11-13(18)8-15(19-14(11)7-9)10-3-1-2-4-12(10)17/h1-7,13,15,18H,8H2/t13-,15?/m0/s1. The van der Waals surface area contributed by atoms with E-state index in [0.717, 1.165) is 25.8 Å². The molecule has 2 atom stereocenters. The van der Waals surface area contributed by atoms with Crippen LogP contribution in [-0.2, 0) is 0 Å². The van der Waals surface area contributed by atoms with Crippen molar-refractivity contribution >= 4 is 31.9 Å². The first-order valence-corrected chi connectivity index (χ1v) is 7.62. The first-order chi connectivity index (χ1) is 9.15. The fraction of sp³-hybridized carbons (Fsp3) is 0.200. The van der Waals surface area contributed by atoms with Crippen molar-refractivity contribution in [2.24, 2.45) is 0 Å². The molecule has 0 aliphatic carbocycles. The van der Waals surface area contributed by atoms with Gasteiger partial charge in [-0.3, -0.25) is 0 Å². The van der Waals surface area contributed by atoms with Gasteiger partial charge in [-0.05, 0) is 18.2 Å². The highest BCUT2D eigenvalue weighted by Crippen LogP contribution is 2.43. The molecule has 98 valence electrons. The lowest BCUT2D eigenvalue weighted by molar-refractivity contribution is 0.0653. The van der Waals surface area contributed by atoms with Crippen LogP contribution in [0.1, 0.15) is 29.8 Å². The number of hydrogen-bond donors (Lipinski definition) is 1. The van der Waals surface area contributed by atoms with Gasteiger partial charge in [0.2, 0.25) is 0 Å². The molecular formula is C15H12Br2O2. The van der Waals surface area contributed by atoms with Gasteiger partial charge >= 0.3 is 0 Å². The summed E-state index contributed by atoms with van der Waals surface area (Å²) in [6.07, 6.45) is -0.0571. The van der Waals surface area contributed by atoms with Gasteiger partial charge in [-0.25, -0.2) is 0 Å². The summed E-state index contributed by atoms with van der Waals surface area (Å²) in [6, 6.07) is 13.7. The average Bonchev–Trinajstić information content (AvgIpc) is 2.38. The van der Waals surface area contributed by atoms with Gasteiger partial charge in [-0.15, -0.1) is 0 Å². The Bertz CT molecular complexity index is 613. The molecule has 1 aliphatic heterocycles. The lowest BCUT2D eigenvalue weighted by Crippen LogP contribution is -2.19. The molecule has 0 saturated carbocycles. The van der Waals surface area contributed by atoms with Gasteiger partial charge in [0.15, 0.2) is 0 Å². The smallest absolute Gasteiger partial charge is 0.128 e. The maximum absolute atomic E-state index is 10.3. The van der Waals surface area contributed by atoms with Crippen LogP contribution in [0.4, 0.5) is 0 Å². The monoisotopic (exact) mass is 382 g/mol. The minimum absolute atomic E-state index is 0.132. The normalized spacial score (nSPS) is 21.6. The first-order valence-electron chi connectivity index (χ1n) is 6.04. The second kappa shape index (κ2) is 5.27. The molecule has 19 heavy (non-hydrogen) atoms. The van der Waals surface area contributed by atoms with Gasteiger partial charge in [-0.2, -0.15) is 0 Å². The molecule has 2 nitrogen and oxygen atoms in total. The Morgan fingerprint density at radius 2 is 1.84 bits per heavy atom. The summed E-state index contributed by atoms with van der Waals surface area (Å²) in [4.78, 5) is 0. The fourth-order valence-electron chi connectivity index (χ4n) is 2.34. The molecule has 2 aromatic rings. The maximum atomic E-state index is 10.3. The van der Waals surface area contributed by atoms with E-state index in [2.05, 4.69) is 31.9 Å². The van der Waals surface area contributed by atoms with E-state index in [4.69, 9.17) is 4.74 Å². The number of halogens is 2. The average molecular weight is 384 g/mol. The zero-order valence-electron chi connectivity index (χ0n) is 10.0. The van der Waals surface area contributed by atoms with Crippen molar-refractivity contribution in [3.8, 4) is 5.75 Å². The molecule has 0 bridgehead atoms. The highest BCUT2D eigenvalue weighted by molar-refractivity contribution is 9.10. The third kappa shape index (κ3) is 2.57. The Balaban J connectivity index is 1.99. The molecule has 1 N–H and O–H groups in total. The molecule has 0 amide bonds. The van der Waals surface area contributed by atoms with Gasteiger partial charge in [-0.1, -0.05) is 56.1 Å². The summed E-state index contributed by atoms with van der Waals surface area (Å²) in [5, 5.41) is 10.3. The SMILES string of the molecule is O[C@H]1CC(c2ccccc2Br)Oc2cc(Br)ccc21. The van der Waals surface area contributed by atoms with E-state index in [0.29, 0.717) is 6.42 Å². The number of fused-ring (bicyclic) bond motifs is 1. The van der Waals surface area contributed by atoms with E-state index < -0.39 is 6.10 Å². The first kappa shape index (κ1) is 13.2. The van der Waals surface area contributed by atoms with Crippen LogP contribution >= 0.6 is 31.9 Å². The minimum atomic E-state index is -0.492. The van der Waals surface area contributed by atoms with Crippen molar-refractivity contribution in [2.75, 3.05) is 0 Å². The molecule has 4 heteroatoms. The highest BCUT2D eigenvalue weighted by Gasteiger charge is 2.29. The van der Waals surface area contributed by atoms with Crippen LogP contribution in [-0.4, -0.2) is 5.11 Å². The van der Waals surface area contributed by atoms with E-state index in [1.165, 1.54) is 0 Å². The lowest BCUT2D eigenvalue weighted by Gasteiger charge is -2.30. The molecule has 0 saturated heterocycles. The quantitative estimate of drug-likeness (QED) is 0.768. The number of ether oxygens (including phenoxy) is 1. The van der Waals surface area contributed by atoms with E-state index >= 15 is 0 Å².